The average molecular weight is 319 g/mol. The van der Waals surface area contributed by atoms with E-state index in [0.29, 0.717) is 12.7 Å². The summed E-state index contributed by atoms with van der Waals surface area (Å²) >= 11 is 0. The Morgan fingerprint density at radius 2 is 1.39 bits per heavy atom. The SMILES string of the molecule is O=P1(c2ccccc2)Cc2ccccc2N1Cc1ccccc1. The van der Waals surface area contributed by atoms with Crippen molar-refractivity contribution in [2.45, 2.75) is 12.7 Å². The summed E-state index contributed by atoms with van der Waals surface area (Å²) in [5, 5.41) is 0.937. The fourth-order valence-corrected chi connectivity index (χ4v) is 6.17. The van der Waals surface area contributed by atoms with Gasteiger partial charge in [0, 0.05) is 17.5 Å². The van der Waals surface area contributed by atoms with Crippen LogP contribution >= 0.6 is 7.29 Å². The lowest BCUT2D eigenvalue weighted by Gasteiger charge is -2.28. The highest BCUT2D eigenvalue weighted by Gasteiger charge is 2.40. The Morgan fingerprint density at radius 3 is 2.13 bits per heavy atom. The van der Waals surface area contributed by atoms with Gasteiger partial charge in [-0.15, -0.1) is 0 Å². The molecular formula is C20H18NOP. The summed E-state index contributed by atoms with van der Waals surface area (Å²) in [6.45, 7) is 0.671. The summed E-state index contributed by atoms with van der Waals surface area (Å²) in [6.07, 6.45) is 0.611. The van der Waals surface area contributed by atoms with Gasteiger partial charge >= 0.3 is 0 Å². The van der Waals surface area contributed by atoms with Crippen molar-refractivity contribution in [2.24, 2.45) is 0 Å². The van der Waals surface area contributed by atoms with Gasteiger partial charge in [-0.1, -0.05) is 66.7 Å². The number of hydrogen-bond acceptors (Lipinski definition) is 1. The molecule has 0 N–H and O–H groups in total. The molecule has 3 aromatic carbocycles. The van der Waals surface area contributed by atoms with Crippen molar-refractivity contribution in [1.82, 2.24) is 0 Å². The van der Waals surface area contributed by atoms with Gasteiger partial charge in [-0.05, 0) is 29.3 Å². The molecule has 1 unspecified atom stereocenters. The second-order valence-corrected chi connectivity index (χ2v) is 8.59. The zero-order chi connectivity index (χ0) is 15.7. The van der Waals surface area contributed by atoms with Gasteiger partial charge in [-0.2, -0.15) is 0 Å². The van der Waals surface area contributed by atoms with Gasteiger partial charge < -0.3 is 4.67 Å². The maximum Gasteiger partial charge on any atom is 0.205 e. The predicted molar refractivity (Wildman–Crippen MR) is 96.5 cm³/mol. The van der Waals surface area contributed by atoms with Crippen LogP contribution in [0.5, 0.6) is 0 Å². The Morgan fingerprint density at radius 1 is 0.783 bits per heavy atom. The van der Waals surface area contributed by atoms with Crippen molar-refractivity contribution in [3.05, 3.63) is 96.1 Å². The first-order chi connectivity index (χ1) is 11.3. The molecule has 0 bridgehead atoms. The minimum absolute atomic E-state index is 0.611. The monoisotopic (exact) mass is 319 g/mol. The maximum atomic E-state index is 13.9. The molecule has 0 amide bonds. The molecule has 0 fully saturated rings. The highest BCUT2D eigenvalue weighted by Crippen LogP contribution is 2.61. The van der Waals surface area contributed by atoms with Gasteiger partial charge in [-0.3, -0.25) is 4.57 Å². The molecule has 2 nitrogen and oxygen atoms in total. The van der Waals surface area contributed by atoms with E-state index >= 15 is 0 Å². The van der Waals surface area contributed by atoms with E-state index in [1.54, 1.807) is 0 Å². The predicted octanol–water partition coefficient (Wildman–Crippen LogP) is 4.81. The van der Waals surface area contributed by atoms with Gasteiger partial charge in [0.2, 0.25) is 7.29 Å². The van der Waals surface area contributed by atoms with Gasteiger partial charge in [0.15, 0.2) is 0 Å². The number of hydrogen-bond donors (Lipinski definition) is 0. The highest BCUT2D eigenvalue weighted by atomic mass is 31.2. The van der Waals surface area contributed by atoms with Crippen LogP contribution in [0.25, 0.3) is 0 Å². The van der Waals surface area contributed by atoms with Crippen LogP contribution in [0.4, 0.5) is 5.69 Å². The molecule has 0 saturated heterocycles. The summed E-state index contributed by atoms with van der Waals surface area (Å²) in [4.78, 5) is 0. The minimum Gasteiger partial charge on any atom is -0.314 e. The van der Waals surface area contributed by atoms with Crippen LogP contribution in [0, 0.1) is 0 Å². The van der Waals surface area contributed by atoms with Crippen molar-refractivity contribution in [1.29, 1.82) is 0 Å². The summed E-state index contributed by atoms with van der Waals surface area (Å²) in [5.41, 5.74) is 3.46. The molecule has 0 radical (unpaired) electrons. The minimum atomic E-state index is -2.65. The van der Waals surface area contributed by atoms with Crippen LogP contribution in [0.1, 0.15) is 11.1 Å². The van der Waals surface area contributed by atoms with E-state index in [1.165, 1.54) is 11.1 Å². The van der Waals surface area contributed by atoms with Crippen LogP contribution in [0.15, 0.2) is 84.9 Å². The van der Waals surface area contributed by atoms with Crippen molar-refractivity contribution < 1.29 is 4.57 Å². The largest absolute Gasteiger partial charge is 0.314 e. The zero-order valence-corrected chi connectivity index (χ0v) is 13.7. The highest BCUT2D eigenvalue weighted by molar-refractivity contribution is 7.72. The van der Waals surface area contributed by atoms with E-state index in [-0.39, 0.29) is 0 Å². The lowest BCUT2D eigenvalue weighted by atomic mass is 10.2. The fourth-order valence-electron chi connectivity index (χ4n) is 3.23. The Bertz CT molecular complexity index is 861. The second kappa shape index (κ2) is 5.72. The Labute approximate surface area is 136 Å². The Kier molecular flexibility index (Phi) is 3.55. The van der Waals surface area contributed by atoms with E-state index < -0.39 is 7.29 Å². The van der Waals surface area contributed by atoms with Crippen LogP contribution in [-0.4, -0.2) is 0 Å². The molecule has 3 heteroatoms. The van der Waals surface area contributed by atoms with Crippen LogP contribution in [0.3, 0.4) is 0 Å². The first-order valence-corrected chi connectivity index (χ1v) is 9.66. The van der Waals surface area contributed by atoms with Gasteiger partial charge in [0.1, 0.15) is 0 Å². The fraction of sp³-hybridized carbons (Fsp3) is 0.100. The second-order valence-electron chi connectivity index (χ2n) is 5.87. The smallest absolute Gasteiger partial charge is 0.205 e. The number of rotatable bonds is 3. The van der Waals surface area contributed by atoms with E-state index in [4.69, 9.17) is 0 Å². The number of anilines is 1. The molecule has 1 aliphatic heterocycles. The van der Waals surface area contributed by atoms with Crippen LogP contribution in [0.2, 0.25) is 0 Å². The molecule has 1 aliphatic rings. The van der Waals surface area contributed by atoms with Crippen LogP contribution in [-0.2, 0) is 17.3 Å². The van der Waals surface area contributed by atoms with Crippen molar-refractivity contribution in [3.63, 3.8) is 0 Å². The normalized spacial score (nSPS) is 19.6. The summed E-state index contributed by atoms with van der Waals surface area (Å²) in [6, 6.07) is 28.4. The van der Waals surface area contributed by atoms with E-state index in [1.807, 2.05) is 60.7 Å². The number of nitrogens with zero attached hydrogens (tertiary/aromatic N) is 1. The Balaban J connectivity index is 1.82. The van der Waals surface area contributed by atoms with Crippen molar-refractivity contribution >= 4 is 18.3 Å². The van der Waals surface area contributed by atoms with Crippen LogP contribution < -0.4 is 9.97 Å². The van der Waals surface area contributed by atoms with Gasteiger partial charge in [0.25, 0.3) is 0 Å². The first-order valence-electron chi connectivity index (χ1n) is 7.82. The lowest BCUT2D eigenvalue weighted by molar-refractivity contribution is 0.579. The molecule has 0 aliphatic carbocycles. The molecule has 1 heterocycles. The molecule has 0 aromatic heterocycles. The first kappa shape index (κ1) is 14.3. The summed E-state index contributed by atoms with van der Waals surface area (Å²) < 4.78 is 16.1. The molecule has 1 atom stereocenters. The molecule has 3 aromatic rings. The van der Waals surface area contributed by atoms with Crippen molar-refractivity contribution in [3.8, 4) is 0 Å². The van der Waals surface area contributed by atoms with E-state index in [0.717, 1.165) is 11.0 Å². The molecule has 0 spiro atoms. The standard InChI is InChI=1S/C20H18NOP/c22-23(19-12-5-2-6-13-19)16-18-11-7-8-14-20(18)21(23)15-17-9-3-1-4-10-17/h1-14H,15-16H2. The quantitative estimate of drug-likeness (QED) is 0.646. The van der Waals surface area contributed by atoms with Gasteiger partial charge in [-0.25, -0.2) is 0 Å². The van der Waals surface area contributed by atoms with Gasteiger partial charge in [0.05, 0.1) is 6.16 Å². The third kappa shape index (κ3) is 2.50. The molecule has 4 rings (SSSR count). The average Bonchev–Trinajstić information content (AvgIpc) is 2.90. The summed E-state index contributed by atoms with van der Waals surface area (Å²) in [7, 11) is -2.65. The Hall–Kier alpha value is -2.31. The number of para-hydroxylation sites is 1. The molecule has 114 valence electrons. The zero-order valence-electron chi connectivity index (χ0n) is 12.8. The third-order valence-electron chi connectivity index (χ3n) is 4.38. The number of fused-ring (bicyclic) bond motifs is 1. The van der Waals surface area contributed by atoms with E-state index in [2.05, 4.69) is 28.9 Å². The molecular weight excluding hydrogens is 301 g/mol. The van der Waals surface area contributed by atoms with Crippen molar-refractivity contribution in [2.75, 3.05) is 4.67 Å². The number of benzene rings is 3. The van der Waals surface area contributed by atoms with E-state index in [9.17, 15) is 4.57 Å². The topological polar surface area (TPSA) is 20.3 Å². The lowest BCUT2D eigenvalue weighted by Crippen LogP contribution is -2.22. The maximum absolute atomic E-state index is 13.9. The summed E-state index contributed by atoms with van der Waals surface area (Å²) in [5.74, 6) is 0. The third-order valence-corrected chi connectivity index (χ3v) is 7.39. The molecule has 23 heavy (non-hydrogen) atoms. The molecule has 0 saturated carbocycles.